The van der Waals surface area contributed by atoms with Crippen LogP contribution in [0.15, 0.2) is 24.3 Å². The van der Waals surface area contributed by atoms with Crippen LogP contribution in [0.1, 0.15) is 50.0 Å². The molecule has 0 amide bonds. The first kappa shape index (κ1) is 19.6. The molecule has 26 heavy (non-hydrogen) atoms. The largest absolute Gasteiger partial charge is 0.508 e. The van der Waals surface area contributed by atoms with Gasteiger partial charge in [0.1, 0.15) is 5.75 Å². The van der Waals surface area contributed by atoms with Gasteiger partial charge in [0, 0.05) is 12.1 Å². The summed E-state index contributed by atoms with van der Waals surface area (Å²) in [7, 11) is -3.21. The van der Waals surface area contributed by atoms with Crippen LogP contribution in [0.4, 0.5) is 0 Å². The highest BCUT2D eigenvalue weighted by molar-refractivity contribution is 7.88. The third kappa shape index (κ3) is 5.67. The van der Waals surface area contributed by atoms with Crippen LogP contribution in [0.3, 0.4) is 0 Å². The van der Waals surface area contributed by atoms with Crippen LogP contribution in [0.25, 0.3) is 0 Å². The average Bonchev–Trinajstić information content (AvgIpc) is 2.60. The van der Waals surface area contributed by atoms with Crippen molar-refractivity contribution >= 4 is 10.0 Å². The molecule has 1 aromatic rings. The van der Waals surface area contributed by atoms with Gasteiger partial charge in [-0.05, 0) is 68.7 Å². The number of hydrogen-bond acceptors (Lipinski definition) is 5. The Bertz CT molecular complexity index is 687. The molecule has 146 valence electrons. The minimum atomic E-state index is -3.21. The van der Waals surface area contributed by atoms with E-state index in [9.17, 15) is 13.5 Å². The number of ether oxygens (including phenoxy) is 1. The van der Waals surface area contributed by atoms with Crippen molar-refractivity contribution in [3.05, 3.63) is 29.8 Å². The summed E-state index contributed by atoms with van der Waals surface area (Å²) in [6.45, 7) is 1.44. The number of piperidine rings is 1. The molecular formula is C19H30N2O4S. The van der Waals surface area contributed by atoms with Crippen LogP contribution in [-0.2, 0) is 14.8 Å². The molecule has 1 saturated heterocycles. The van der Waals surface area contributed by atoms with Gasteiger partial charge in [0.15, 0.2) is 0 Å². The van der Waals surface area contributed by atoms with Crippen molar-refractivity contribution in [3.63, 3.8) is 0 Å². The van der Waals surface area contributed by atoms with Crippen LogP contribution in [0, 0.1) is 0 Å². The summed E-state index contributed by atoms with van der Waals surface area (Å²) in [4.78, 5) is 0. The molecule has 1 aliphatic heterocycles. The molecule has 2 fully saturated rings. The number of sulfonamides is 1. The van der Waals surface area contributed by atoms with Crippen molar-refractivity contribution in [3.8, 4) is 5.75 Å². The highest BCUT2D eigenvalue weighted by Crippen LogP contribution is 2.35. The molecule has 0 spiro atoms. The first-order valence-corrected chi connectivity index (χ1v) is 11.4. The lowest BCUT2D eigenvalue weighted by Gasteiger charge is -2.35. The number of hydrogen-bond donors (Lipinski definition) is 3. The molecule has 6 nitrogen and oxygen atoms in total. The van der Waals surface area contributed by atoms with Crippen LogP contribution in [0.5, 0.6) is 5.75 Å². The quantitative estimate of drug-likeness (QED) is 0.701. The zero-order valence-corrected chi connectivity index (χ0v) is 16.2. The van der Waals surface area contributed by atoms with Gasteiger partial charge in [-0.15, -0.1) is 0 Å². The molecule has 0 aromatic heterocycles. The highest BCUT2D eigenvalue weighted by atomic mass is 32.2. The lowest BCUT2D eigenvalue weighted by atomic mass is 9.82. The number of nitrogens with one attached hydrogen (secondary N) is 2. The Balaban J connectivity index is 1.47. The Hall–Kier alpha value is -1.15. The zero-order valence-electron chi connectivity index (χ0n) is 15.4. The van der Waals surface area contributed by atoms with E-state index in [-0.39, 0.29) is 18.2 Å². The van der Waals surface area contributed by atoms with Crippen molar-refractivity contribution in [1.29, 1.82) is 0 Å². The van der Waals surface area contributed by atoms with E-state index in [4.69, 9.17) is 4.74 Å². The van der Waals surface area contributed by atoms with E-state index in [1.807, 2.05) is 12.1 Å². The highest BCUT2D eigenvalue weighted by Gasteiger charge is 2.29. The standard InChI is InChI=1S/C19H30N2O4S/c1-26(23,24)21-18-6-3-11-20-19(18)13-25-17-9-7-14(8-10-17)15-4-2-5-16(22)12-15/h2,4-5,12,14,17-22H,3,6-11,13H2,1H3. The fraction of sp³-hybridized carbons (Fsp3) is 0.684. The molecule has 2 atom stereocenters. The number of phenols is 1. The third-order valence-corrected chi connectivity index (χ3v) is 6.21. The van der Waals surface area contributed by atoms with E-state index in [1.54, 1.807) is 6.07 Å². The summed E-state index contributed by atoms with van der Waals surface area (Å²) < 4.78 is 32.0. The molecule has 3 N–H and O–H groups in total. The zero-order chi connectivity index (χ0) is 18.6. The maximum absolute atomic E-state index is 11.5. The summed E-state index contributed by atoms with van der Waals surface area (Å²) in [5.41, 5.74) is 1.20. The topological polar surface area (TPSA) is 87.7 Å². The molecule has 7 heteroatoms. The van der Waals surface area contributed by atoms with Crippen molar-refractivity contribution in [1.82, 2.24) is 10.0 Å². The second-order valence-electron chi connectivity index (χ2n) is 7.60. The van der Waals surface area contributed by atoms with Gasteiger partial charge in [-0.3, -0.25) is 0 Å². The second kappa shape index (κ2) is 8.69. The van der Waals surface area contributed by atoms with E-state index in [0.29, 0.717) is 18.3 Å². The Kier molecular flexibility index (Phi) is 6.55. The monoisotopic (exact) mass is 382 g/mol. The van der Waals surface area contributed by atoms with Crippen molar-refractivity contribution in [2.45, 2.75) is 62.6 Å². The van der Waals surface area contributed by atoms with E-state index >= 15 is 0 Å². The number of phenolic OH excluding ortho intramolecular Hbond substituents is 1. The predicted molar refractivity (Wildman–Crippen MR) is 102 cm³/mol. The van der Waals surface area contributed by atoms with Crippen LogP contribution in [-0.4, -0.2) is 51.1 Å². The number of aromatic hydroxyl groups is 1. The first-order valence-electron chi connectivity index (χ1n) is 9.52. The van der Waals surface area contributed by atoms with Gasteiger partial charge >= 0.3 is 0 Å². The second-order valence-corrected chi connectivity index (χ2v) is 9.38. The first-order chi connectivity index (χ1) is 12.4. The fourth-order valence-electron chi connectivity index (χ4n) is 4.13. The number of benzene rings is 1. The minimum Gasteiger partial charge on any atom is -0.508 e. The van der Waals surface area contributed by atoms with Crippen molar-refractivity contribution in [2.24, 2.45) is 0 Å². The third-order valence-electron chi connectivity index (χ3n) is 5.48. The summed E-state index contributed by atoms with van der Waals surface area (Å²) in [5.74, 6) is 0.808. The minimum absolute atomic E-state index is 0.0299. The van der Waals surface area contributed by atoms with Gasteiger partial charge in [-0.25, -0.2) is 13.1 Å². The maximum Gasteiger partial charge on any atom is 0.209 e. The molecule has 0 bridgehead atoms. The Morgan fingerprint density at radius 2 is 2.00 bits per heavy atom. The molecule has 2 unspecified atom stereocenters. The molecule has 3 rings (SSSR count). The summed E-state index contributed by atoms with van der Waals surface area (Å²) in [6.07, 6.45) is 7.36. The number of rotatable bonds is 6. The Morgan fingerprint density at radius 3 is 2.69 bits per heavy atom. The lowest BCUT2D eigenvalue weighted by molar-refractivity contribution is 0.00523. The molecule has 1 aromatic carbocycles. The van der Waals surface area contributed by atoms with E-state index in [1.165, 1.54) is 11.8 Å². The summed E-state index contributed by atoms with van der Waals surface area (Å²) in [6, 6.07) is 7.48. The molecule has 1 aliphatic carbocycles. The van der Waals surface area contributed by atoms with Gasteiger partial charge in [-0.2, -0.15) is 0 Å². The molecule has 1 saturated carbocycles. The average molecular weight is 383 g/mol. The molecule has 1 heterocycles. The Morgan fingerprint density at radius 1 is 1.23 bits per heavy atom. The molecule has 0 radical (unpaired) electrons. The van der Waals surface area contributed by atoms with Crippen LogP contribution >= 0.6 is 0 Å². The smallest absolute Gasteiger partial charge is 0.209 e. The van der Waals surface area contributed by atoms with Gasteiger partial charge in [-0.1, -0.05) is 12.1 Å². The predicted octanol–water partition coefficient (Wildman–Crippen LogP) is 2.10. The van der Waals surface area contributed by atoms with Gasteiger partial charge in [0.05, 0.1) is 19.0 Å². The van der Waals surface area contributed by atoms with E-state index < -0.39 is 10.0 Å². The fourth-order valence-corrected chi connectivity index (χ4v) is 4.96. The van der Waals surface area contributed by atoms with E-state index in [0.717, 1.165) is 45.1 Å². The Labute approximate surface area is 156 Å². The SMILES string of the molecule is CS(=O)(=O)NC1CCCNC1COC1CCC(c2cccc(O)c2)CC1. The van der Waals surface area contributed by atoms with Crippen LogP contribution in [0.2, 0.25) is 0 Å². The normalized spacial score (nSPS) is 30.2. The van der Waals surface area contributed by atoms with Gasteiger partial charge in [0.25, 0.3) is 0 Å². The van der Waals surface area contributed by atoms with E-state index in [2.05, 4.69) is 16.1 Å². The van der Waals surface area contributed by atoms with Gasteiger partial charge < -0.3 is 15.2 Å². The van der Waals surface area contributed by atoms with Crippen LogP contribution < -0.4 is 10.0 Å². The lowest BCUT2D eigenvalue weighted by Crippen LogP contribution is -2.55. The molecular weight excluding hydrogens is 352 g/mol. The van der Waals surface area contributed by atoms with Crippen molar-refractivity contribution < 1.29 is 18.3 Å². The van der Waals surface area contributed by atoms with Crippen molar-refractivity contribution in [2.75, 3.05) is 19.4 Å². The maximum atomic E-state index is 11.5. The summed E-state index contributed by atoms with van der Waals surface area (Å²) in [5, 5.41) is 13.0. The summed E-state index contributed by atoms with van der Waals surface area (Å²) >= 11 is 0. The molecule has 2 aliphatic rings. The van der Waals surface area contributed by atoms with Gasteiger partial charge in [0.2, 0.25) is 10.0 Å².